The summed E-state index contributed by atoms with van der Waals surface area (Å²) in [5.41, 5.74) is 4.09. The Balaban J connectivity index is 1.43. The van der Waals surface area contributed by atoms with E-state index in [1.54, 1.807) is 0 Å². The number of thiophene rings is 1. The third-order valence-corrected chi connectivity index (χ3v) is 7.91. The molecule has 2 atom stereocenters. The minimum absolute atomic E-state index is 0.341. The Morgan fingerprint density at radius 2 is 1.34 bits per heavy atom. The van der Waals surface area contributed by atoms with Gasteiger partial charge in [0.15, 0.2) is 0 Å². The zero-order valence-corrected chi connectivity index (χ0v) is 18.3. The first kappa shape index (κ1) is 18.0. The molecule has 4 aromatic carbocycles. The zero-order chi connectivity index (χ0) is 21.1. The second kappa shape index (κ2) is 6.94. The molecule has 0 spiro atoms. The molecule has 0 saturated heterocycles. The van der Waals surface area contributed by atoms with Crippen molar-refractivity contribution in [3.8, 4) is 10.4 Å². The van der Waals surface area contributed by atoms with Crippen LogP contribution in [0.3, 0.4) is 0 Å². The smallest absolute Gasteiger partial charge is 0.0965 e. The lowest BCUT2D eigenvalue weighted by atomic mass is 9.92. The van der Waals surface area contributed by atoms with Crippen LogP contribution in [0.25, 0.3) is 32.0 Å². The third-order valence-electron chi connectivity index (χ3n) is 6.81. The van der Waals surface area contributed by atoms with E-state index in [2.05, 4.69) is 120 Å². The summed E-state index contributed by atoms with van der Waals surface area (Å²) < 4.78 is 0. The van der Waals surface area contributed by atoms with E-state index < -0.39 is 0 Å². The monoisotopic (exact) mass is 427 g/mol. The van der Waals surface area contributed by atoms with Crippen LogP contribution in [0.15, 0.2) is 115 Å². The van der Waals surface area contributed by atoms with E-state index in [9.17, 15) is 0 Å². The van der Waals surface area contributed by atoms with Gasteiger partial charge in [-0.1, -0.05) is 91.0 Å². The lowest BCUT2D eigenvalue weighted by molar-refractivity contribution is 0.748. The van der Waals surface area contributed by atoms with Gasteiger partial charge in [0, 0.05) is 22.0 Å². The summed E-state index contributed by atoms with van der Waals surface area (Å²) in [6.45, 7) is 0. The van der Waals surface area contributed by atoms with Crippen molar-refractivity contribution in [2.45, 2.75) is 12.0 Å². The van der Waals surface area contributed by atoms with Crippen LogP contribution in [-0.4, -0.2) is 6.04 Å². The highest BCUT2D eigenvalue weighted by Crippen LogP contribution is 2.51. The molecule has 5 aromatic rings. The van der Waals surface area contributed by atoms with E-state index >= 15 is 0 Å². The highest BCUT2D eigenvalue weighted by Gasteiger charge is 2.37. The number of benzene rings is 4. The number of fused-ring (bicyclic) bond motifs is 5. The molecule has 2 aliphatic rings. The number of anilines is 2. The zero-order valence-electron chi connectivity index (χ0n) is 17.5. The first-order valence-corrected chi connectivity index (χ1v) is 11.9. The molecule has 0 saturated carbocycles. The fourth-order valence-electron chi connectivity index (χ4n) is 5.42. The Bertz CT molecular complexity index is 1500. The number of rotatable bonds is 2. The van der Waals surface area contributed by atoms with Crippen molar-refractivity contribution in [3.63, 3.8) is 0 Å². The van der Waals surface area contributed by atoms with Gasteiger partial charge < -0.3 is 4.90 Å². The molecular formula is C30H21NS. The van der Waals surface area contributed by atoms with Crippen LogP contribution in [0.2, 0.25) is 0 Å². The summed E-state index contributed by atoms with van der Waals surface area (Å²) in [5.74, 6) is 0.417. The van der Waals surface area contributed by atoms with E-state index in [1.807, 2.05) is 11.3 Å². The molecule has 32 heavy (non-hydrogen) atoms. The minimum Gasteiger partial charge on any atom is -0.325 e. The normalized spacial score (nSPS) is 18.9. The first-order chi connectivity index (χ1) is 15.9. The van der Waals surface area contributed by atoms with Gasteiger partial charge in [-0.15, -0.1) is 11.3 Å². The Hall–Kier alpha value is -3.62. The number of hydrogen-bond donors (Lipinski definition) is 0. The average Bonchev–Trinajstić information content (AvgIpc) is 3.45. The van der Waals surface area contributed by atoms with E-state index in [0.717, 1.165) is 0 Å². The van der Waals surface area contributed by atoms with Crippen LogP contribution in [0, 0.1) is 0 Å². The van der Waals surface area contributed by atoms with Crippen LogP contribution in [-0.2, 0) is 0 Å². The fraction of sp³-hybridized carbons (Fsp3) is 0.0667. The second-order valence-corrected chi connectivity index (χ2v) is 9.61. The maximum Gasteiger partial charge on any atom is 0.0965 e. The van der Waals surface area contributed by atoms with Gasteiger partial charge in [-0.2, -0.15) is 0 Å². The maximum atomic E-state index is 2.53. The highest BCUT2D eigenvalue weighted by molar-refractivity contribution is 7.19. The van der Waals surface area contributed by atoms with Gasteiger partial charge in [-0.05, 0) is 51.4 Å². The summed E-state index contributed by atoms with van der Waals surface area (Å²) in [6, 6.07) is 33.6. The number of hydrogen-bond acceptors (Lipinski definition) is 2. The van der Waals surface area contributed by atoms with Crippen LogP contribution >= 0.6 is 11.3 Å². The molecule has 0 radical (unpaired) electrons. The molecule has 0 N–H and O–H groups in total. The largest absolute Gasteiger partial charge is 0.325 e. The van der Waals surface area contributed by atoms with Gasteiger partial charge in [0.25, 0.3) is 0 Å². The topological polar surface area (TPSA) is 3.24 Å². The van der Waals surface area contributed by atoms with Gasteiger partial charge in [0.2, 0.25) is 0 Å². The van der Waals surface area contributed by atoms with Crippen molar-refractivity contribution in [1.82, 2.24) is 0 Å². The van der Waals surface area contributed by atoms with Gasteiger partial charge in [-0.3, -0.25) is 0 Å². The molecule has 2 heteroatoms. The van der Waals surface area contributed by atoms with Gasteiger partial charge in [-0.25, -0.2) is 0 Å². The lowest BCUT2D eigenvalue weighted by Crippen LogP contribution is -2.27. The Labute approximate surface area is 191 Å². The van der Waals surface area contributed by atoms with E-state index in [4.69, 9.17) is 0 Å². The Morgan fingerprint density at radius 1 is 0.656 bits per heavy atom. The second-order valence-electron chi connectivity index (χ2n) is 8.55. The summed E-state index contributed by atoms with van der Waals surface area (Å²) in [6.07, 6.45) is 9.06. The van der Waals surface area contributed by atoms with Crippen LogP contribution in [0.5, 0.6) is 0 Å². The highest BCUT2D eigenvalue weighted by atomic mass is 32.1. The van der Waals surface area contributed by atoms with E-state index in [1.165, 1.54) is 48.2 Å². The fourth-order valence-corrected chi connectivity index (χ4v) is 6.55. The SMILES string of the molecule is C1=CC2c3ccccc3N(c3ccc(-c4c5ccccc5cc5ccccc45)s3)C2C=C1. The standard InChI is InChI=1S/C30H21NS/c1-3-11-22-20(9-1)19-21-10-2-4-12-23(21)30(22)28-17-18-29(32-28)31-26-15-7-5-13-24(26)25-14-6-8-16-27(25)31/h1-19,24,26H. The Kier molecular flexibility index (Phi) is 3.91. The van der Waals surface area contributed by atoms with Crippen LogP contribution in [0.1, 0.15) is 11.5 Å². The summed E-state index contributed by atoms with van der Waals surface area (Å²) in [5, 5.41) is 6.53. The molecule has 0 amide bonds. The average molecular weight is 428 g/mol. The molecule has 1 aliphatic carbocycles. The van der Waals surface area contributed by atoms with Gasteiger partial charge in [0.1, 0.15) is 0 Å². The molecule has 7 rings (SSSR count). The number of allylic oxidation sites excluding steroid dienone is 2. The van der Waals surface area contributed by atoms with Crippen molar-refractivity contribution in [3.05, 3.63) is 121 Å². The maximum absolute atomic E-state index is 2.53. The molecule has 1 nitrogen and oxygen atoms in total. The summed E-state index contributed by atoms with van der Waals surface area (Å²) >= 11 is 1.90. The molecule has 1 aliphatic heterocycles. The molecule has 2 heterocycles. The van der Waals surface area contributed by atoms with Crippen molar-refractivity contribution < 1.29 is 0 Å². The molecule has 0 bridgehead atoms. The Morgan fingerprint density at radius 3 is 2.16 bits per heavy atom. The number of nitrogens with zero attached hydrogens (tertiary/aromatic N) is 1. The molecule has 1 aromatic heterocycles. The van der Waals surface area contributed by atoms with Gasteiger partial charge in [0.05, 0.1) is 11.0 Å². The van der Waals surface area contributed by atoms with E-state index in [-0.39, 0.29) is 0 Å². The van der Waals surface area contributed by atoms with Gasteiger partial charge >= 0.3 is 0 Å². The predicted molar refractivity (Wildman–Crippen MR) is 138 cm³/mol. The van der Waals surface area contributed by atoms with Crippen molar-refractivity contribution >= 4 is 43.6 Å². The van der Waals surface area contributed by atoms with Crippen LogP contribution in [0.4, 0.5) is 10.7 Å². The molecule has 152 valence electrons. The minimum atomic E-state index is 0.341. The van der Waals surface area contributed by atoms with Crippen molar-refractivity contribution in [2.75, 3.05) is 4.90 Å². The van der Waals surface area contributed by atoms with Crippen LogP contribution < -0.4 is 4.90 Å². The molecule has 0 fully saturated rings. The number of para-hydroxylation sites is 1. The third kappa shape index (κ3) is 2.57. The van der Waals surface area contributed by atoms with Crippen molar-refractivity contribution in [1.29, 1.82) is 0 Å². The molecule has 2 unspecified atom stereocenters. The quantitative estimate of drug-likeness (QED) is 0.255. The first-order valence-electron chi connectivity index (χ1n) is 11.1. The van der Waals surface area contributed by atoms with E-state index in [0.29, 0.717) is 12.0 Å². The predicted octanol–water partition coefficient (Wildman–Crippen LogP) is 8.45. The lowest BCUT2D eigenvalue weighted by Gasteiger charge is -2.27. The molecular weight excluding hydrogens is 406 g/mol. The van der Waals surface area contributed by atoms with Crippen molar-refractivity contribution in [2.24, 2.45) is 0 Å². The summed E-state index contributed by atoms with van der Waals surface area (Å²) in [4.78, 5) is 3.85. The summed E-state index contributed by atoms with van der Waals surface area (Å²) in [7, 11) is 0.